The highest BCUT2D eigenvalue weighted by atomic mass is 16.5. The molecule has 0 atom stereocenters. The molecule has 7 heteroatoms. The lowest BCUT2D eigenvalue weighted by Gasteiger charge is -2.28. The predicted molar refractivity (Wildman–Crippen MR) is 95.3 cm³/mol. The van der Waals surface area contributed by atoms with Crippen LogP contribution in [-0.2, 0) is 11.3 Å². The Labute approximate surface area is 147 Å². The molecule has 1 aliphatic rings. The van der Waals surface area contributed by atoms with Gasteiger partial charge in [-0.1, -0.05) is 12.1 Å². The highest BCUT2D eigenvalue weighted by Crippen LogP contribution is 2.22. The Bertz CT molecular complexity index is 662. The van der Waals surface area contributed by atoms with Gasteiger partial charge in [0.2, 0.25) is 0 Å². The Morgan fingerprint density at radius 1 is 1.08 bits per heavy atom. The molecule has 0 bridgehead atoms. The molecule has 0 spiro atoms. The third-order valence-corrected chi connectivity index (χ3v) is 3.86. The van der Waals surface area contributed by atoms with Crippen molar-refractivity contribution in [3.8, 4) is 11.6 Å². The van der Waals surface area contributed by atoms with Gasteiger partial charge in [-0.25, -0.2) is 9.97 Å². The van der Waals surface area contributed by atoms with E-state index in [1.54, 1.807) is 19.5 Å². The molecule has 0 unspecified atom stereocenters. The van der Waals surface area contributed by atoms with Crippen molar-refractivity contribution in [1.82, 2.24) is 15.3 Å². The first-order valence-corrected chi connectivity index (χ1v) is 8.47. The van der Waals surface area contributed by atoms with Crippen LogP contribution < -0.4 is 19.7 Å². The second-order valence-electron chi connectivity index (χ2n) is 5.70. The molecule has 1 aromatic heterocycles. The molecule has 1 fully saturated rings. The molecule has 3 rings (SSSR count). The van der Waals surface area contributed by atoms with Crippen molar-refractivity contribution < 1.29 is 14.2 Å². The molecule has 2 aromatic rings. The molecule has 1 N–H and O–H groups in total. The minimum atomic E-state index is 0.409. The highest BCUT2D eigenvalue weighted by Gasteiger charge is 2.17. The molecule has 25 heavy (non-hydrogen) atoms. The largest absolute Gasteiger partial charge is 0.490 e. The summed E-state index contributed by atoms with van der Waals surface area (Å²) in [5.41, 5.74) is 1.08. The van der Waals surface area contributed by atoms with Crippen molar-refractivity contribution in [1.29, 1.82) is 0 Å². The Morgan fingerprint density at radius 2 is 1.88 bits per heavy atom. The number of ether oxygens (including phenoxy) is 3. The second-order valence-corrected chi connectivity index (χ2v) is 5.70. The first-order valence-electron chi connectivity index (χ1n) is 8.47. The van der Waals surface area contributed by atoms with E-state index in [1.807, 2.05) is 24.3 Å². The van der Waals surface area contributed by atoms with Gasteiger partial charge in [0.15, 0.2) is 5.82 Å². The fourth-order valence-corrected chi connectivity index (χ4v) is 2.70. The van der Waals surface area contributed by atoms with E-state index >= 15 is 0 Å². The van der Waals surface area contributed by atoms with Gasteiger partial charge in [-0.3, -0.25) is 0 Å². The third-order valence-electron chi connectivity index (χ3n) is 3.86. The van der Waals surface area contributed by atoms with Crippen molar-refractivity contribution in [3.63, 3.8) is 0 Å². The molecule has 0 radical (unpaired) electrons. The van der Waals surface area contributed by atoms with Gasteiger partial charge in [-0.05, 0) is 17.7 Å². The van der Waals surface area contributed by atoms with Gasteiger partial charge in [-0.2, -0.15) is 0 Å². The third kappa shape index (κ3) is 5.04. The number of methoxy groups -OCH3 is 1. The Balaban J connectivity index is 1.51. The van der Waals surface area contributed by atoms with Crippen LogP contribution in [-0.4, -0.2) is 56.5 Å². The normalized spacial score (nSPS) is 14.4. The maximum atomic E-state index is 5.80. The summed E-state index contributed by atoms with van der Waals surface area (Å²) in [5, 5.41) is 3.33. The standard InChI is InChI=1S/C18H24N4O3/c1-23-14-15-3-2-4-16(13-15)24-11-12-25-18-17(20-5-6-21-18)22-9-7-19-8-10-22/h2-6,13,19H,7-12,14H2,1H3. The molecule has 0 saturated carbocycles. The minimum absolute atomic E-state index is 0.409. The summed E-state index contributed by atoms with van der Waals surface area (Å²) in [6, 6.07) is 7.85. The molecular formula is C18H24N4O3. The van der Waals surface area contributed by atoms with E-state index in [1.165, 1.54) is 0 Å². The summed E-state index contributed by atoms with van der Waals surface area (Å²) in [7, 11) is 1.68. The topological polar surface area (TPSA) is 68.7 Å². The summed E-state index contributed by atoms with van der Waals surface area (Å²) in [4.78, 5) is 10.9. The zero-order chi connectivity index (χ0) is 17.3. The maximum absolute atomic E-state index is 5.80. The van der Waals surface area contributed by atoms with Gasteiger partial charge in [0.25, 0.3) is 5.88 Å². The van der Waals surface area contributed by atoms with Crippen molar-refractivity contribution in [2.24, 2.45) is 0 Å². The van der Waals surface area contributed by atoms with Crippen LogP contribution in [0.2, 0.25) is 0 Å². The number of rotatable bonds is 8. The van der Waals surface area contributed by atoms with E-state index in [0.717, 1.165) is 43.3 Å². The molecule has 1 aromatic carbocycles. The summed E-state index contributed by atoms with van der Waals surface area (Å²) in [5.74, 6) is 2.16. The molecule has 7 nitrogen and oxygen atoms in total. The van der Waals surface area contributed by atoms with Crippen LogP contribution in [0.1, 0.15) is 5.56 Å². The van der Waals surface area contributed by atoms with E-state index in [2.05, 4.69) is 20.2 Å². The monoisotopic (exact) mass is 344 g/mol. The van der Waals surface area contributed by atoms with Crippen LogP contribution in [0.25, 0.3) is 0 Å². The van der Waals surface area contributed by atoms with Gasteiger partial charge in [-0.15, -0.1) is 0 Å². The summed E-state index contributed by atoms with van der Waals surface area (Å²) in [6.45, 7) is 5.10. The Kier molecular flexibility index (Phi) is 6.42. The van der Waals surface area contributed by atoms with Crippen molar-refractivity contribution in [3.05, 3.63) is 42.2 Å². The molecule has 1 saturated heterocycles. The van der Waals surface area contributed by atoms with E-state index in [9.17, 15) is 0 Å². The van der Waals surface area contributed by atoms with Crippen molar-refractivity contribution in [2.45, 2.75) is 6.61 Å². The van der Waals surface area contributed by atoms with Gasteiger partial charge in [0.05, 0.1) is 6.61 Å². The molecule has 0 amide bonds. The van der Waals surface area contributed by atoms with Crippen LogP contribution >= 0.6 is 0 Å². The Hall–Kier alpha value is -2.38. The smallest absolute Gasteiger partial charge is 0.257 e. The lowest BCUT2D eigenvalue weighted by atomic mass is 10.2. The van der Waals surface area contributed by atoms with Crippen LogP contribution in [0.4, 0.5) is 5.82 Å². The quantitative estimate of drug-likeness (QED) is 0.728. The number of benzene rings is 1. The maximum Gasteiger partial charge on any atom is 0.257 e. The van der Waals surface area contributed by atoms with Crippen LogP contribution in [0.5, 0.6) is 11.6 Å². The minimum Gasteiger partial charge on any atom is -0.490 e. The SMILES string of the molecule is COCc1cccc(OCCOc2nccnc2N2CCNCC2)c1. The Morgan fingerprint density at radius 3 is 2.72 bits per heavy atom. The van der Waals surface area contributed by atoms with Crippen molar-refractivity contribution >= 4 is 5.82 Å². The highest BCUT2D eigenvalue weighted by molar-refractivity contribution is 5.48. The first-order chi connectivity index (χ1) is 12.4. The molecule has 0 aliphatic carbocycles. The molecule has 1 aliphatic heterocycles. The number of nitrogens with zero attached hydrogens (tertiary/aromatic N) is 3. The van der Waals surface area contributed by atoms with Crippen LogP contribution in [0.3, 0.4) is 0 Å². The summed E-state index contributed by atoms with van der Waals surface area (Å²) < 4.78 is 16.7. The van der Waals surface area contributed by atoms with Gasteiger partial charge in [0, 0.05) is 45.7 Å². The molecule has 134 valence electrons. The number of anilines is 1. The van der Waals surface area contributed by atoms with Crippen LogP contribution in [0.15, 0.2) is 36.7 Å². The van der Waals surface area contributed by atoms with Crippen LogP contribution in [0, 0.1) is 0 Å². The predicted octanol–water partition coefficient (Wildman–Crippen LogP) is 1.49. The lowest BCUT2D eigenvalue weighted by Crippen LogP contribution is -2.44. The first kappa shape index (κ1) is 17.4. The zero-order valence-electron chi connectivity index (χ0n) is 14.5. The number of hydrogen-bond donors (Lipinski definition) is 1. The second kappa shape index (κ2) is 9.19. The number of aromatic nitrogens is 2. The number of nitrogens with one attached hydrogen (secondary N) is 1. The lowest BCUT2D eigenvalue weighted by molar-refractivity contribution is 0.183. The number of piperazine rings is 1. The molecule has 2 heterocycles. The van der Waals surface area contributed by atoms with Gasteiger partial charge in [0.1, 0.15) is 19.0 Å². The average Bonchev–Trinajstić information content (AvgIpc) is 2.67. The summed E-state index contributed by atoms with van der Waals surface area (Å²) >= 11 is 0. The van der Waals surface area contributed by atoms with E-state index in [4.69, 9.17) is 14.2 Å². The van der Waals surface area contributed by atoms with E-state index < -0.39 is 0 Å². The van der Waals surface area contributed by atoms with Crippen molar-refractivity contribution in [2.75, 3.05) is 51.4 Å². The fourth-order valence-electron chi connectivity index (χ4n) is 2.70. The number of hydrogen-bond acceptors (Lipinski definition) is 7. The fraction of sp³-hybridized carbons (Fsp3) is 0.444. The van der Waals surface area contributed by atoms with E-state index in [0.29, 0.717) is 25.7 Å². The zero-order valence-corrected chi connectivity index (χ0v) is 14.5. The average molecular weight is 344 g/mol. The van der Waals surface area contributed by atoms with Gasteiger partial charge >= 0.3 is 0 Å². The molecular weight excluding hydrogens is 320 g/mol. The van der Waals surface area contributed by atoms with E-state index in [-0.39, 0.29) is 0 Å². The summed E-state index contributed by atoms with van der Waals surface area (Å²) in [6.07, 6.45) is 3.35. The van der Waals surface area contributed by atoms with Gasteiger partial charge < -0.3 is 24.4 Å².